The van der Waals surface area contributed by atoms with E-state index in [0.29, 0.717) is 0 Å². The first-order chi connectivity index (χ1) is 3.25. The second-order valence-corrected chi connectivity index (χ2v) is 7.01. The van der Waals surface area contributed by atoms with E-state index in [9.17, 15) is 13.2 Å². The molecule has 1 radical (unpaired) electrons. The lowest BCUT2D eigenvalue weighted by Gasteiger charge is -2.24. The van der Waals surface area contributed by atoms with E-state index in [1.807, 2.05) is 0 Å². The Bertz CT molecular complexity index is 66.3. The molecule has 0 N–H and O–H groups in total. The minimum absolute atomic E-state index is 1.26. The second kappa shape index (κ2) is 1.87. The summed E-state index contributed by atoms with van der Waals surface area (Å²) >= 11 is 0. The molecule has 0 aromatic carbocycles. The van der Waals surface area contributed by atoms with E-state index in [0.717, 1.165) is 0 Å². The SMILES string of the molecule is C[P](C)(C)C(F)(F)F. The zero-order chi connectivity index (χ0) is 7.00. The minimum Gasteiger partial charge on any atom is -0.167 e. The van der Waals surface area contributed by atoms with Crippen molar-refractivity contribution in [2.24, 2.45) is 0 Å². The maximum Gasteiger partial charge on any atom is 0.400 e. The van der Waals surface area contributed by atoms with Crippen LogP contribution in [-0.2, 0) is 0 Å². The smallest absolute Gasteiger partial charge is 0.167 e. The molecule has 0 amide bonds. The lowest BCUT2D eigenvalue weighted by atomic mass is 11.5. The molecule has 0 saturated carbocycles. The zero-order valence-corrected chi connectivity index (χ0v) is 5.98. The zero-order valence-electron chi connectivity index (χ0n) is 5.08. The van der Waals surface area contributed by atoms with Crippen LogP contribution in [0, 0.1) is 0 Å². The molecule has 0 unspecified atom stereocenters. The Labute approximate surface area is 47.4 Å². The van der Waals surface area contributed by atoms with Gasteiger partial charge in [0.2, 0.25) is 0 Å². The van der Waals surface area contributed by atoms with Crippen LogP contribution in [0.1, 0.15) is 0 Å². The van der Waals surface area contributed by atoms with Crippen LogP contribution < -0.4 is 0 Å². The van der Waals surface area contributed by atoms with E-state index < -0.39 is 13.2 Å². The predicted octanol–water partition coefficient (Wildman–Crippen LogP) is 2.41. The molecule has 0 saturated heterocycles. The van der Waals surface area contributed by atoms with Gasteiger partial charge in [-0.2, -0.15) is 13.2 Å². The number of hydrogen-bond acceptors (Lipinski definition) is 0. The van der Waals surface area contributed by atoms with E-state index in [1.165, 1.54) is 20.0 Å². The first-order valence-corrected chi connectivity index (χ1v) is 5.26. The van der Waals surface area contributed by atoms with Crippen molar-refractivity contribution in [3.63, 3.8) is 0 Å². The van der Waals surface area contributed by atoms with Crippen molar-refractivity contribution in [1.82, 2.24) is 0 Å². The summed E-state index contributed by atoms with van der Waals surface area (Å²) in [6, 6.07) is 0. The maximum atomic E-state index is 11.6. The summed E-state index contributed by atoms with van der Waals surface area (Å²) in [5.74, 6) is -3.95. The molecule has 8 heavy (non-hydrogen) atoms. The Morgan fingerprint density at radius 2 is 1.12 bits per heavy atom. The molecular weight excluding hydrogens is 136 g/mol. The van der Waals surface area contributed by atoms with Gasteiger partial charge >= 0.3 is 5.92 Å². The Morgan fingerprint density at radius 3 is 1.12 bits per heavy atom. The third kappa shape index (κ3) is 1.99. The lowest BCUT2D eigenvalue weighted by molar-refractivity contribution is -0.0422. The van der Waals surface area contributed by atoms with Crippen LogP contribution in [-0.4, -0.2) is 25.9 Å². The molecule has 0 aliphatic rings. The summed E-state index contributed by atoms with van der Waals surface area (Å²) in [5, 5.41) is 0. The summed E-state index contributed by atoms with van der Waals surface area (Å²) in [6.07, 6.45) is 0. The van der Waals surface area contributed by atoms with E-state index in [4.69, 9.17) is 0 Å². The highest BCUT2D eigenvalue weighted by Gasteiger charge is 2.40. The van der Waals surface area contributed by atoms with Crippen molar-refractivity contribution in [2.45, 2.75) is 5.92 Å². The van der Waals surface area contributed by atoms with Gasteiger partial charge in [0.15, 0.2) is 0 Å². The normalized spacial score (nSPS) is 14.2. The molecule has 0 bridgehead atoms. The lowest BCUT2D eigenvalue weighted by Crippen LogP contribution is -2.11. The highest BCUT2D eigenvalue weighted by molar-refractivity contribution is 7.74. The average Bonchev–Trinajstić information content (AvgIpc) is 1.25. The van der Waals surface area contributed by atoms with E-state index in [-0.39, 0.29) is 0 Å². The topological polar surface area (TPSA) is 0 Å². The minimum atomic E-state index is -3.95. The maximum absolute atomic E-state index is 11.6. The van der Waals surface area contributed by atoms with E-state index in [1.54, 1.807) is 0 Å². The monoisotopic (exact) mass is 145 g/mol. The van der Waals surface area contributed by atoms with Crippen molar-refractivity contribution < 1.29 is 13.2 Å². The summed E-state index contributed by atoms with van der Waals surface area (Å²) < 4.78 is 34.8. The quantitative estimate of drug-likeness (QED) is 0.459. The van der Waals surface area contributed by atoms with Crippen LogP contribution in [0.3, 0.4) is 0 Å². The van der Waals surface area contributed by atoms with Gasteiger partial charge in [-0.15, -0.1) is 0 Å². The number of hydrogen-bond donors (Lipinski definition) is 0. The molecule has 0 aromatic heterocycles. The van der Waals surface area contributed by atoms with Crippen LogP contribution in [0.5, 0.6) is 0 Å². The van der Waals surface area contributed by atoms with Crippen molar-refractivity contribution in [2.75, 3.05) is 20.0 Å². The first-order valence-electron chi connectivity index (χ1n) is 2.13. The molecule has 51 valence electrons. The van der Waals surface area contributed by atoms with Gasteiger partial charge in [0.1, 0.15) is 0 Å². The molecular formula is C4H9F3P. The van der Waals surface area contributed by atoms with Crippen LogP contribution >= 0.6 is 7.26 Å². The molecule has 0 aromatic rings. The standard InChI is InChI=1S/C4H9F3P/c1-8(2,3)4(5,6)7/h1-3H3. The van der Waals surface area contributed by atoms with Crippen LogP contribution in [0.25, 0.3) is 0 Å². The van der Waals surface area contributed by atoms with Gasteiger partial charge < -0.3 is 0 Å². The number of alkyl halides is 3. The van der Waals surface area contributed by atoms with Gasteiger partial charge in [-0.3, -0.25) is 0 Å². The predicted molar refractivity (Wildman–Crippen MR) is 30.7 cm³/mol. The summed E-state index contributed by atoms with van der Waals surface area (Å²) in [6.45, 7) is 3.77. The van der Waals surface area contributed by atoms with Gasteiger partial charge in [0, 0.05) is 0 Å². The largest absolute Gasteiger partial charge is 0.400 e. The van der Waals surface area contributed by atoms with Crippen LogP contribution in [0.2, 0.25) is 0 Å². The highest BCUT2D eigenvalue weighted by atomic mass is 31.2. The van der Waals surface area contributed by atoms with Crippen molar-refractivity contribution in [3.8, 4) is 0 Å². The molecule has 0 heterocycles. The fourth-order valence-corrected chi connectivity index (χ4v) is 0. The van der Waals surface area contributed by atoms with Crippen molar-refractivity contribution in [1.29, 1.82) is 0 Å². The summed E-state index contributed by atoms with van der Waals surface area (Å²) in [7, 11) is -2.60. The van der Waals surface area contributed by atoms with Gasteiger partial charge in [0.05, 0.1) is 0 Å². The molecule has 4 heteroatoms. The Morgan fingerprint density at radius 1 is 1.00 bits per heavy atom. The third-order valence-electron chi connectivity index (χ3n) is 0.761. The Kier molecular flexibility index (Phi) is 1.92. The Balaban J connectivity index is 4.02. The van der Waals surface area contributed by atoms with Crippen LogP contribution in [0.4, 0.5) is 13.2 Å². The molecule has 0 fully saturated rings. The molecule has 0 spiro atoms. The third-order valence-corrected chi connectivity index (χ3v) is 2.28. The summed E-state index contributed by atoms with van der Waals surface area (Å²) in [5.41, 5.74) is 0. The summed E-state index contributed by atoms with van der Waals surface area (Å²) in [4.78, 5) is 0. The highest BCUT2D eigenvalue weighted by Crippen LogP contribution is 2.62. The number of halogens is 3. The fourth-order valence-electron chi connectivity index (χ4n) is 0. The molecule has 0 aliphatic heterocycles. The molecule has 0 aliphatic carbocycles. The Hall–Kier alpha value is 0.220. The van der Waals surface area contributed by atoms with Crippen LogP contribution in [0.15, 0.2) is 0 Å². The molecule has 0 nitrogen and oxygen atoms in total. The fraction of sp³-hybridized carbons (Fsp3) is 1.00. The van der Waals surface area contributed by atoms with E-state index in [2.05, 4.69) is 0 Å². The second-order valence-electron chi connectivity index (χ2n) is 2.48. The van der Waals surface area contributed by atoms with Gasteiger partial charge in [-0.05, 0) is 27.3 Å². The van der Waals surface area contributed by atoms with Gasteiger partial charge in [-0.25, -0.2) is 0 Å². The molecule has 0 atom stereocenters. The van der Waals surface area contributed by atoms with Gasteiger partial charge in [-0.1, -0.05) is 0 Å². The number of rotatable bonds is 0. The average molecular weight is 145 g/mol. The van der Waals surface area contributed by atoms with Crippen molar-refractivity contribution in [3.05, 3.63) is 0 Å². The van der Waals surface area contributed by atoms with Crippen molar-refractivity contribution >= 4 is 7.26 Å². The first kappa shape index (κ1) is 8.22. The van der Waals surface area contributed by atoms with E-state index >= 15 is 0 Å². The molecule has 0 rings (SSSR count). The van der Waals surface area contributed by atoms with Gasteiger partial charge in [0.25, 0.3) is 0 Å².